The molecule has 3 N–H and O–H groups in total. The maximum Gasteiger partial charge on any atom is 0.175 e. The second-order valence-electron chi connectivity index (χ2n) is 5.31. The standard InChI is InChI=1S/C12H20N2O2S/c1-12(2,3)11(14-13)9-5-7-10(8-6-9)17(4,15)16/h5-8,11,14H,13H2,1-4H3. The zero-order valence-electron chi connectivity index (χ0n) is 10.7. The summed E-state index contributed by atoms with van der Waals surface area (Å²) in [7, 11) is -3.14. The van der Waals surface area contributed by atoms with E-state index in [1.165, 1.54) is 6.26 Å². The predicted octanol–water partition coefficient (Wildman–Crippen LogP) is 1.64. The highest BCUT2D eigenvalue weighted by Gasteiger charge is 2.25. The third-order valence-corrected chi connectivity index (χ3v) is 3.80. The fraction of sp³-hybridized carbons (Fsp3) is 0.500. The lowest BCUT2D eigenvalue weighted by atomic mass is 9.83. The van der Waals surface area contributed by atoms with E-state index < -0.39 is 9.84 Å². The zero-order valence-corrected chi connectivity index (χ0v) is 11.5. The van der Waals surface area contributed by atoms with Crippen molar-refractivity contribution in [1.82, 2.24) is 5.43 Å². The van der Waals surface area contributed by atoms with Crippen LogP contribution in [0.25, 0.3) is 0 Å². The van der Waals surface area contributed by atoms with Crippen LogP contribution in [0.3, 0.4) is 0 Å². The first-order valence-corrected chi connectivity index (χ1v) is 7.31. The predicted molar refractivity (Wildman–Crippen MR) is 69.1 cm³/mol. The third-order valence-electron chi connectivity index (χ3n) is 2.67. The molecule has 0 fully saturated rings. The topological polar surface area (TPSA) is 72.2 Å². The summed E-state index contributed by atoms with van der Waals surface area (Å²) in [6.07, 6.45) is 1.20. The lowest BCUT2D eigenvalue weighted by Gasteiger charge is -2.30. The van der Waals surface area contributed by atoms with E-state index in [9.17, 15) is 8.42 Å². The van der Waals surface area contributed by atoms with E-state index in [0.717, 1.165) is 5.56 Å². The Morgan fingerprint density at radius 2 is 1.65 bits per heavy atom. The smallest absolute Gasteiger partial charge is 0.175 e. The Bertz CT molecular complexity index is 472. The maximum atomic E-state index is 11.3. The summed E-state index contributed by atoms with van der Waals surface area (Å²) in [6.45, 7) is 6.21. The average molecular weight is 256 g/mol. The van der Waals surface area contributed by atoms with E-state index in [0.29, 0.717) is 4.90 Å². The molecule has 0 aliphatic carbocycles. The third kappa shape index (κ3) is 3.52. The van der Waals surface area contributed by atoms with Crippen LogP contribution in [0.1, 0.15) is 32.4 Å². The van der Waals surface area contributed by atoms with E-state index in [4.69, 9.17) is 5.84 Å². The van der Waals surface area contributed by atoms with E-state index in [2.05, 4.69) is 26.2 Å². The Balaban J connectivity index is 3.10. The van der Waals surface area contributed by atoms with Crippen molar-refractivity contribution in [2.45, 2.75) is 31.7 Å². The van der Waals surface area contributed by atoms with Crippen LogP contribution in [0, 0.1) is 5.41 Å². The van der Waals surface area contributed by atoms with Crippen molar-refractivity contribution in [3.63, 3.8) is 0 Å². The number of hydrogen-bond acceptors (Lipinski definition) is 4. The van der Waals surface area contributed by atoms with Gasteiger partial charge in [0.25, 0.3) is 0 Å². The van der Waals surface area contributed by atoms with E-state index >= 15 is 0 Å². The molecule has 4 nitrogen and oxygen atoms in total. The Kier molecular flexibility index (Phi) is 3.96. The molecule has 0 aliphatic heterocycles. The monoisotopic (exact) mass is 256 g/mol. The van der Waals surface area contributed by atoms with Crippen molar-refractivity contribution in [3.05, 3.63) is 29.8 Å². The molecular weight excluding hydrogens is 236 g/mol. The van der Waals surface area contributed by atoms with Crippen LogP contribution in [0.5, 0.6) is 0 Å². The molecule has 0 bridgehead atoms. The highest BCUT2D eigenvalue weighted by atomic mass is 32.2. The Morgan fingerprint density at radius 1 is 1.18 bits per heavy atom. The SMILES string of the molecule is CC(C)(C)C(NN)c1ccc(S(C)(=O)=O)cc1. The van der Waals surface area contributed by atoms with Crippen molar-refractivity contribution < 1.29 is 8.42 Å². The van der Waals surface area contributed by atoms with Gasteiger partial charge in [-0.3, -0.25) is 11.3 Å². The van der Waals surface area contributed by atoms with Crippen molar-refractivity contribution in [1.29, 1.82) is 0 Å². The quantitative estimate of drug-likeness (QED) is 0.637. The van der Waals surface area contributed by atoms with Gasteiger partial charge in [-0.05, 0) is 23.1 Å². The van der Waals surface area contributed by atoms with E-state index in [1.807, 2.05) is 0 Å². The summed E-state index contributed by atoms with van der Waals surface area (Å²) in [5.74, 6) is 5.55. The van der Waals surface area contributed by atoms with Gasteiger partial charge in [0.15, 0.2) is 9.84 Å². The molecule has 1 rings (SSSR count). The van der Waals surface area contributed by atoms with Crippen LogP contribution in [0.15, 0.2) is 29.2 Å². The molecule has 0 heterocycles. The van der Waals surface area contributed by atoms with Gasteiger partial charge in [-0.2, -0.15) is 0 Å². The summed E-state index contributed by atoms with van der Waals surface area (Å²) in [5.41, 5.74) is 3.71. The lowest BCUT2D eigenvalue weighted by Crippen LogP contribution is -2.36. The average Bonchev–Trinajstić information content (AvgIpc) is 2.16. The molecule has 0 aliphatic rings. The van der Waals surface area contributed by atoms with Crippen LogP contribution in [-0.2, 0) is 9.84 Å². The van der Waals surface area contributed by atoms with Gasteiger partial charge in [0, 0.05) is 6.26 Å². The van der Waals surface area contributed by atoms with Crippen LogP contribution < -0.4 is 11.3 Å². The minimum absolute atomic E-state index is 0.0175. The number of hydrogen-bond donors (Lipinski definition) is 2. The molecule has 1 unspecified atom stereocenters. The summed E-state index contributed by atoms with van der Waals surface area (Å²) < 4.78 is 22.7. The Morgan fingerprint density at radius 3 is 1.94 bits per heavy atom. The second-order valence-corrected chi connectivity index (χ2v) is 7.32. The maximum absolute atomic E-state index is 11.3. The van der Waals surface area contributed by atoms with Crippen molar-refractivity contribution in [2.75, 3.05) is 6.26 Å². The molecule has 0 aromatic heterocycles. The number of nitrogens with two attached hydrogens (primary N) is 1. The van der Waals surface area contributed by atoms with Crippen LogP contribution in [0.2, 0.25) is 0 Å². The number of hydrazine groups is 1. The molecule has 1 aromatic carbocycles. The van der Waals surface area contributed by atoms with Gasteiger partial charge >= 0.3 is 0 Å². The summed E-state index contributed by atoms with van der Waals surface area (Å²) >= 11 is 0. The van der Waals surface area contributed by atoms with Crippen molar-refractivity contribution >= 4 is 9.84 Å². The minimum atomic E-state index is -3.14. The summed E-state index contributed by atoms with van der Waals surface area (Å²) in [6, 6.07) is 6.80. The molecule has 0 radical (unpaired) electrons. The van der Waals surface area contributed by atoms with Gasteiger partial charge < -0.3 is 0 Å². The first-order chi connectivity index (χ1) is 7.66. The number of nitrogens with one attached hydrogen (secondary N) is 1. The number of sulfone groups is 1. The van der Waals surface area contributed by atoms with Gasteiger partial charge in [0.05, 0.1) is 10.9 Å². The molecule has 0 saturated carbocycles. The van der Waals surface area contributed by atoms with Gasteiger partial charge in [-0.15, -0.1) is 0 Å². The Hall–Kier alpha value is -0.910. The van der Waals surface area contributed by atoms with Crippen molar-refractivity contribution in [2.24, 2.45) is 11.3 Å². The molecule has 0 spiro atoms. The highest BCUT2D eigenvalue weighted by Crippen LogP contribution is 2.32. The molecule has 1 atom stereocenters. The second kappa shape index (κ2) is 4.76. The van der Waals surface area contributed by atoms with Crippen LogP contribution in [0.4, 0.5) is 0 Å². The zero-order chi connectivity index (χ0) is 13.3. The fourth-order valence-electron chi connectivity index (χ4n) is 1.75. The normalized spacial score (nSPS) is 14.6. The molecule has 0 amide bonds. The van der Waals surface area contributed by atoms with E-state index in [-0.39, 0.29) is 11.5 Å². The van der Waals surface area contributed by atoms with Gasteiger partial charge in [-0.1, -0.05) is 32.9 Å². The fourth-order valence-corrected chi connectivity index (χ4v) is 2.38. The van der Waals surface area contributed by atoms with Crippen LogP contribution >= 0.6 is 0 Å². The van der Waals surface area contributed by atoms with Gasteiger partial charge in [0.1, 0.15) is 0 Å². The first-order valence-electron chi connectivity index (χ1n) is 5.42. The van der Waals surface area contributed by atoms with Crippen LogP contribution in [-0.4, -0.2) is 14.7 Å². The van der Waals surface area contributed by atoms with Gasteiger partial charge in [0.2, 0.25) is 0 Å². The highest BCUT2D eigenvalue weighted by molar-refractivity contribution is 7.90. The van der Waals surface area contributed by atoms with Crippen molar-refractivity contribution in [3.8, 4) is 0 Å². The summed E-state index contributed by atoms with van der Waals surface area (Å²) in [4.78, 5) is 0.325. The largest absolute Gasteiger partial charge is 0.271 e. The molecule has 5 heteroatoms. The van der Waals surface area contributed by atoms with E-state index in [1.54, 1.807) is 24.3 Å². The number of rotatable bonds is 3. The molecule has 0 saturated heterocycles. The molecular formula is C12H20N2O2S. The molecule has 1 aromatic rings. The number of benzene rings is 1. The first kappa shape index (κ1) is 14.2. The lowest BCUT2D eigenvalue weighted by molar-refractivity contribution is 0.275. The molecule has 17 heavy (non-hydrogen) atoms. The molecule has 96 valence electrons. The Labute approximate surface area is 103 Å². The summed E-state index contributed by atoms with van der Waals surface area (Å²) in [5, 5.41) is 0. The minimum Gasteiger partial charge on any atom is -0.271 e. The van der Waals surface area contributed by atoms with Gasteiger partial charge in [-0.25, -0.2) is 8.42 Å².